The predicted molar refractivity (Wildman–Crippen MR) is 33.9 cm³/mol. The van der Waals surface area contributed by atoms with Crippen LogP contribution < -0.4 is 0 Å². The normalized spacial score (nSPS) is 34.2. The van der Waals surface area contributed by atoms with E-state index in [2.05, 4.69) is 0 Å². The first-order valence-electron chi connectivity index (χ1n) is 3.45. The quantitative estimate of drug-likeness (QED) is 0.347. The zero-order valence-electron chi connectivity index (χ0n) is 6.00. The zero-order valence-corrected chi connectivity index (χ0v) is 6.00. The third-order valence-electron chi connectivity index (χ3n) is 1.96. The van der Waals surface area contributed by atoms with Gasteiger partial charge in [0, 0.05) is 0 Å². The molecule has 4 nitrogen and oxygen atoms in total. The lowest BCUT2D eigenvalue weighted by molar-refractivity contribution is -0.932. The Balaban J connectivity index is 1.98. The maximum atomic E-state index is 11.1. The van der Waals surface area contributed by atoms with E-state index in [9.17, 15) is 5.21 Å². The van der Waals surface area contributed by atoms with Gasteiger partial charge in [-0.25, -0.2) is 0 Å². The van der Waals surface area contributed by atoms with Crippen LogP contribution in [0.5, 0.6) is 0 Å². The highest BCUT2D eigenvalue weighted by Gasteiger charge is 2.54. The first-order chi connectivity index (χ1) is 4.62. The molecule has 2 rings (SSSR count). The number of quaternary nitrogens is 1. The second kappa shape index (κ2) is 1.71. The first-order valence-corrected chi connectivity index (χ1v) is 3.45. The van der Waals surface area contributed by atoms with Crippen molar-refractivity contribution < 1.29 is 14.1 Å². The Morgan fingerprint density at radius 1 is 1.30 bits per heavy atom. The van der Waals surface area contributed by atoms with Gasteiger partial charge in [0.2, 0.25) is 0 Å². The lowest BCUT2D eigenvalue weighted by atomic mass is 10.1. The van der Waals surface area contributed by atoms with E-state index in [1.54, 1.807) is 7.05 Å². The number of hydrogen-bond donors (Lipinski definition) is 0. The minimum Gasteiger partial charge on any atom is -0.633 e. The number of nitrogens with zero attached hydrogens (tertiary/aromatic N) is 1. The van der Waals surface area contributed by atoms with Gasteiger partial charge < -0.3 is 19.3 Å². The van der Waals surface area contributed by atoms with E-state index < -0.39 is 5.79 Å². The van der Waals surface area contributed by atoms with Gasteiger partial charge in [0.05, 0.1) is 20.3 Å². The molecule has 1 spiro atoms. The van der Waals surface area contributed by atoms with Gasteiger partial charge in [-0.3, -0.25) is 0 Å². The molecule has 0 saturated carbocycles. The highest BCUT2D eigenvalue weighted by Crippen LogP contribution is 2.33. The molecule has 0 aromatic carbocycles. The minimum absolute atomic E-state index is 0.222. The maximum absolute atomic E-state index is 11.1. The van der Waals surface area contributed by atoms with E-state index in [-0.39, 0.29) is 4.65 Å². The number of hydrogen-bond acceptors (Lipinski definition) is 3. The number of likely N-dealkylation sites (tertiary alicyclic amines) is 1. The number of ether oxygens (including phenoxy) is 2. The van der Waals surface area contributed by atoms with Crippen molar-refractivity contribution in [3.05, 3.63) is 5.21 Å². The monoisotopic (exact) mass is 145 g/mol. The van der Waals surface area contributed by atoms with Gasteiger partial charge >= 0.3 is 0 Å². The minimum atomic E-state index is -0.490. The predicted octanol–water partition coefficient (Wildman–Crippen LogP) is -0.313. The summed E-state index contributed by atoms with van der Waals surface area (Å²) in [4.78, 5) is 0. The summed E-state index contributed by atoms with van der Waals surface area (Å²) >= 11 is 0. The van der Waals surface area contributed by atoms with Crippen LogP contribution in [0.3, 0.4) is 0 Å². The van der Waals surface area contributed by atoms with Crippen LogP contribution in [0.15, 0.2) is 0 Å². The van der Waals surface area contributed by atoms with Crippen molar-refractivity contribution in [1.29, 1.82) is 0 Å². The molecule has 0 bridgehead atoms. The molecule has 4 heteroatoms. The molecule has 0 radical (unpaired) electrons. The topological polar surface area (TPSA) is 41.5 Å². The van der Waals surface area contributed by atoms with Crippen LogP contribution in [0.1, 0.15) is 0 Å². The van der Waals surface area contributed by atoms with Gasteiger partial charge in [-0.05, 0) is 0 Å². The molecule has 2 aliphatic rings. The number of likely N-dealkylation sites (N-methyl/N-ethyl adjacent to an activating group) is 1. The van der Waals surface area contributed by atoms with E-state index in [4.69, 9.17) is 9.47 Å². The molecule has 0 atom stereocenters. The molecular formula is C6H11NO3. The zero-order chi connectivity index (χ0) is 7.24. The summed E-state index contributed by atoms with van der Waals surface area (Å²) in [7, 11) is 1.64. The summed E-state index contributed by atoms with van der Waals surface area (Å²) in [6, 6.07) is 0. The second-order valence-corrected chi connectivity index (χ2v) is 3.22. The lowest BCUT2D eigenvalue weighted by Crippen LogP contribution is -2.69. The fraction of sp³-hybridized carbons (Fsp3) is 1.00. The molecule has 0 unspecified atom stereocenters. The number of rotatable bonds is 0. The summed E-state index contributed by atoms with van der Waals surface area (Å²) in [5.41, 5.74) is 0. The van der Waals surface area contributed by atoms with Gasteiger partial charge in [-0.2, -0.15) is 0 Å². The van der Waals surface area contributed by atoms with Crippen LogP contribution in [0.2, 0.25) is 0 Å². The van der Waals surface area contributed by atoms with Gasteiger partial charge in [0.1, 0.15) is 13.1 Å². The summed E-state index contributed by atoms with van der Waals surface area (Å²) in [5, 5.41) is 11.1. The maximum Gasteiger partial charge on any atom is 0.270 e. The summed E-state index contributed by atoms with van der Waals surface area (Å²) in [6.07, 6.45) is 0. The van der Waals surface area contributed by atoms with Crippen molar-refractivity contribution in [3.63, 3.8) is 0 Å². The molecule has 0 aliphatic carbocycles. The molecule has 2 heterocycles. The Morgan fingerprint density at radius 3 is 2.20 bits per heavy atom. The molecule has 2 saturated heterocycles. The molecule has 2 fully saturated rings. The summed E-state index contributed by atoms with van der Waals surface area (Å²) in [6.45, 7) is 2.18. The standard InChI is InChI=1S/C6H11NO3/c1-7(8)4-6(5-7)9-2-3-10-6/h2-5H2,1H3. The Hall–Kier alpha value is -0.160. The molecular weight excluding hydrogens is 134 g/mol. The third-order valence-corrected chi connectivity index (χ3v) is 1.96. The summed E-state index contributed by atoms with van der Waals surface area (Å²) < 4.78 is 10.3. The Bertz CT molecular complexity index is 141. The average molecular weight is 145 g/mol. The van der Waals surface area contributed by atoms with E-state index >= 15 is 0 Å². The van der Waals surface area contributed by atoms with E-state index in [0.29, 0.717) is 26.3 Å². The fourth-order valence-corrected chi connectivity index (χ4v) is 1.65. The Kier molecular flexibility index (Phi) is 1.12. The van der Waals surface area contributed by atoms with E-state index in [0.717, 1.165) is 0 Å². The first kappa shape index (κ1) is 6.54. The van der Waals surface area contributed by atoms with Crippen LogP contribution in [0, 0.1) is 5.21 Å². The smallest absolute Gasteiger partial charge is 0.270 e. The molecule has 0 N–H and O–H groups in total. The Labute approximate surface area is 59.5 Å². The molecule has 10 heavy (non-hydrogen) atoms. The third kappa shape index (κ3) is 0.845. The van der Waals surface area contributed by atoms with Crippen molar-refractivity contribution in [2.45, 2.75) is 5.79 Å². The molecule has 0 amide bonds. The van der Waals surface area contributed by atoms with Crippen LogP contribution in [0.4, 0.5) is 0 Å². The van der Waals surface area contributed by atoms with Crippen molar-refractivity contribution in [3.8, 4) is 0 Å². The van der Waals surface area contributed by atoms with Gasteiger partial charge in [0.25, 0.3) is 5.79 Å². The largest absolute Gasteiger partial charge is 0.633 e. The highest BCUT2D eigenvalue weighted by atomic mass is 16.8. The fourth-order valence-electron chi connectivity index (χ4n) is 1.65. The second-order valence-electron chi connectivity index (χ2n) is 3.22. The van der Waals surface area contributed by atoms with E-state index in [1.807, 2.05) is 0 Å². The van der Waals surface area contributed by atoms with Crippen LogP contribution >= 0.6 is 0 Å². The van der Waals surface area contributed by atoms with Crippen molar-refractivity contribution in [2.75, 3.05) is 33.4 Å². The van der Waals surface area contributed by atoms with Crippen LogP contribution in [-0.2, 0) is 9.47 Å². The lowest BCUT2D eigenvalue weighted by Gasteiger charge is -2.54. The van der Waals surface area contributed by atoms with Crippen molar-refractivity contribution in [1.82, 2.24) is 0 Å². The van der Waals surface area contributed by atoms with Crippen LogP contribution in [-0.4, -0.2) is 43.8 Å². The molecule has 0 aromatic rings. The summed E-state index contributed by atoms with van der Waals surface area (Å²) in [5.74, 6) is -0.490. The Morgan fingerprint density at radius 2 is 1.80 bits per heavy atom. The molecule has 0 aromatic heterocycles. The van der Waals surface area contributed by atoms with Crippen molar-refractivity contribution in [2.24, 2.45) is 0 Å². The number of hydroxylamine groups is 3. The van der Waals surface area contributed by atoms with Gasteiger partial charge in [-0.15, -0.1) is 0 Å². The van der Waals surface area contributed by atoms with Crippen molar-refractivity contribution >= 4 is 0 Å². The van der Waals surface area contributed by atoms with Crippen LogP contribution in [0.25, 0.3) is 0 Å². The molecule has 58 valence electrons. The van der Waals surface area contributed by atoms with Gasteiger partial charge in [0.15, 0.2) is 0 Å². The van der Waals surface area contributed by atoms with Gasteiger partial charge in [-0.1, -0.05) is 0 Å². The average Bonchev–Trinajstić information content (AvgIpc) is 2.10. The van der Waals surface area contributed by atoms with E-state index in [1.165, 1.54) is 0 Å². The SMILES string of the molecule is C[N+]1([O-])CC2(C1)OCCO2. The molecule has 2 aliphatic heterocycles. The highest BCUT2D eigenvalue weighted by molar-refractivity contribution is 4.82.